The summed E-state index contributed by atoms with van der Waals surface area (Å²) in [4.78, 5) is 2.81. The Bertz CT molecular complexity index is 597. The molecule has 1 saturated heterocycles. The fraction of sp³-hybridized carbons (Fsp3) is 0.625. The Balaban J connectivity index is 1.74. The van der Waals surface area contributed by atoms with Crippen LogP contribution in [0.15, 0.2) is 29.2 Å². The van der Waals surface area contributed by atoms with Crippen molar-refractivity contribution in [3.05, 3.63) is 24.3 Å². The largest absolute Gasteiger partial charge is 0.371 e. The van der Waals surface area contributed by atoms with Gasteiger partial charge in [0.1, 0.15) is 0 Å². The second-order valence-electron chi connectivity index (χ2n) is 6.40. The Hall–Kier alpha value is -1.07. The highest BCUT2D eigenvalue weighted by Gasteiger charge is 2.36. The van der Waals surface area contributed by atoms with Gasteiger partial charge in [0.2, 0.25) is 0 Å². The van der Waals surface area contributed by atoms with Crippen LogP contribution in [0.3, 0.4) is 0 Å². The predicted molar refractivity (Wildman–Crippen MR) is 85.2 cm³/mol. The van der Waals surface area contributed by atoms with Crippen LogP contribution < -0.4 is 10.6 Å². The van der Waals surface area contributed by atoms with Crippen molar-refractivity contribution in [2.75, 3.05) is 23.7 Å². The lowest BCUT2D eigenvalue weighted by molar-refractivity contribution is 0.271. The van der Waals surface area contributed by atoms with Gasteiger partial charge in [-0.2, -0.15) is 0 Å². The van der Waals surface area contributed by atoms with Crippen molar-refractivity contribution in [3.63, 3.8) is 0 Å². The molecule has 1 aliphatic carbocycles. The average molecular weight is 308 g/mol. The second kappa shape index (κ2) is 5.61. The molecule has 1 aromatic rings. The van der Waals surface area contributed by atoms with E-state index >= 15 is 0 Å². The van der Waals surface area contributed by atoms with Gasteiger partial charge in [-0.3, -0.25) is 0 Å². The van der Waals surface area contributed by atoms with Crippen molar-refractivity contribution in [1.29, 1.82) is 0 Å². The Morgan fingerprint density at radius 2 is 1.81 bits per heavy atom. The van der Waals surface area contributed by atoms with Crippen LogP contribution in [0.5, 0.6) is 0 Å². The number of rotatable bonds is 3. The van der Waals surface area contributed by atoms with Gasteiger partial charge in [-0.05, 0) is 55.4 Å². The lowest BCUT2D eigenvalue weighted by atomic mass is 9.79. The minimum absolute atomic E-state index is 0.151. The standard InChI is InChI=1S/C16H24N2O2S/c1-2-21(19,20)16-7-5-15(6-8-16)18-10-12-3-4-14(17)9-13(12)11-18/h5-8,12-14H,2-4,9-11,17H2,1H3/t12-,13+,14?/m1/s1. The van der Waals surface area contributed by atoms with Crippen LogP contribution in [0.25, 0.3) is 0 Å². The van der Waals surface area contributed by atoms with Gasteiger partial charge in [-0.25, -0.2) is 8.42 Å². The SMILES string of the molecule is CCS(=O)(=O)c1ccc(N2C[C@H]3CCC(N)C[C@H]3C2)cc1. The number of sulfone groups is 1. The van der Waals surface area contributed by atoms with E-state index in [0.717, 1.165) is 37.5 Å². The first kappa shape index (κ1) is 14.9. The van der Waals surface area contributed by atoms with E-state index in [9.17, 15) is 8.42 Å². The third-order valence-corrected chi connectivity index (χ3v) is 6.78. The maximum atomic E-state index is 11.8. The number of hydrogen-bond acceptors (Lipinski definition) is 4. The highest BCUT2D eigenvalue weighted by Crippen LogP contribution is 2.37. The Kier molecular flexibility index (Phi) is 3.97. The van der Waals surface area contributed by atoms with Crippen LogP contribution in [0, 0.1) is 11.8 Å². The molecule has 3 rings (SSSR count). The monoisotopic (exact) mass is 308 g/mol. The van der Waals surface area contributed by atoms with Gasteiger partial charge in [0.25, 0.3) is 0 Å². The van der Waals surface area contributed by atoms with Gasteiger partial charge >= 0.3 is 0 Å². The van der Waals surface area contributed by atoms with Crippen LogP contribution in [0.1, 0.15) is 26.2 Å². The molecule has 0 aromatic heterocycles. The van der Waals surface area contributed by atoms with E-state index in [2.05, 4.69) is 4.90 Å². The second-order valence-corrected chi connectivity index (χ2v) is 8.67. The van der Waals surface area contributed by atoms with Gasteiger partial charge in [0.15, 0.2) is 9.84 Å². The van der Waals surface area contributed by atoms with E-state index in [4.69, 9.17) is 5.73 Å². The highest BCUT2D eigenvalue weighted by molar-refractivity contribution is 7.91. The maximum absolute atomic E-state index is 11.8. The van der Waals surface area contributed by atoms with Crippen molar-refractivity contribution in [2.45, 2.75) is 37.1 Å². The molecule has 0 spiro atoms. The zero-order valence-corrected chi connectivity index (χ0v) is 13.3. The Labute approximate surface area is 127 Å². The Morgan fingerprint density at radius 3 is 2.48 bits per heavy atom. The third kappa shape index (κ3) is 2.94. The third-order valence-electron chi connectivity index (χ3n) is 5.03. The minimum atomic E-state index is -3.10. The number of fused-ring (bicyclic) bond motifs is 1. The van der Waals surface area contributed by atoms with Crippen LogP contribution in [-0.2, 0) is 9.84 Å². The molecule has 1 aliphatic heterocycles. The van der Waals surface area contributed by atoms with Crippen molar-refractivity contribution >= 4 is 15.5 Å². The molecule has 1 aromatic carbocycles. The van der Waals surface area contributed by atoms with E-state index in [1.165, 1.54) is 6.42 Å². The number of nitrogens with two attached hydrogens (primary N) is 1. The summed E-state index contributed by atoms with van der Waals surface area (Å²) in [5.41, 5.74) is 7.21. The number of benzene rings is 1. The highest BCUT2D eigenvalue weighted by atomic mass is 32.2. The van der Waals surface area contributed by atoms with E-state index in [1.807, 2.05) is 12.1 Å². The molecule has 0 amide bonds. The van der Waals surface area contributed by atoms with Gasteiger partial charge in [0.05, 0.1) is 10.6 Å². The zero-order chi connectivity index (χ0) is 15.0. The zero-order valence-electron chi connectivity index (χ0n) is 12.5. The van der Waals surface area contributed by atoms with Crippen molar-refractivity contribution in [3.8, 4) is 0 Å². The average Bonchev–Trinajstić information content (AvgIpc) is 2.90. The first-order valence-corrected chi connectivity index (χ1v) is 9.48. The molecule has 3 atom stereocenters. The molecule has 1 heterocycles. The topological polar surface area (TPSA) is 63.4 Å². The summed E-state index contributed by atoms with van der Waals surface area (Å²) in [5.74, 6) is 1.61. The van der Waals surface area contributed by atoms with Gasteiger partial charge in [-0.1, -0.05) is 6.92 Å². The van der Waals surface area contributed by atoms with Gasteiger partial charge in [-0.15, -0.1) is 0 Å². The fourth-order valence-corrected chi connectivity index (χ4v) is 4.59. The summed E-state index contributed by atoms with van der Waals surface area (Å²) >= 11 is 0. The summed E-state index contributed by atoms with van der Waals surface area (Å²) in [5, 5.41) is 0. The Morgan fingerprint density at radius 1 is 1.14 bits per heavy atom. The fourth-order valence-electron chi connectivity index (χ4n) is 3.71. The molecule has 4 nitrogen and oxygen atoms in total. The van der Waals surface area contributed by atoms with Gasteiger partial charge < -0.3 is 10.6 Å². The maximum Gasteiger partial charge on any atom is 0.178 e. The summed E-state index contributed by atoms with van der Waals surface area (Å²) in [6, 6.07) is 7.73. The van der Waals surface area contributed by atoms with Gasteiger partial charge in [0, 0.05) is 24.8 Å². The molecular weight excluding hydrogens is 284 g/mol. The molecular formula is C16H24N2O2S. The normalized spacial score (nSPS) is 29.4. The van der Waals surface area contributed by atoms with E-state index < -0.39 is 9.84 Å². The number of hydrogen-bond donors (Lipinski definition) is 1. The molecule has 0 bridgehead atoms. The van der Waals surface area contributed by atoms with Crippen LogP contribution in [0.2, 0.25) is 0 Å². The quantitative estimate of drug-likeness (QED) is 0.928. The molecule has 21 heavy (non-hydrogen) atoms. The lowest BCUT2D eigenvalue weighted by Gasteiger charge is -2.27. The van der Waals surface area contributed by atoms with Crippen molar-refractivity contribution in [2.24, 2.45) is 17.6 Å². The molecule has 116 valence electrons. The molecule has 1 saturated carbocycles. The smallest absolute Gasteiger partial charge is 0.178 e. The first-order valence-electron chi connectivity index (χ1n) is 7.83. The minimum Gasteiger partial charge on any atom is -0.371 e. The van der Waals surface area contributed by atoms with Crippen LogP contribution in [0.4, 0.5) is 5.69 Å². The van der Waals surface area contributed by atoms with E-state index in [0.29, 0.717) is 16.9 Å². The van der Waals surface area contributed by atoms with Crippen LogP contribution in [-0.4, -0.2) is 33.3 Å². The molecule has 2 N–H and O–H groups in total. The van der Waals surface area contributed by atoms with Crippen molar-refractivity contribution < 1.29 is 8.42 Å². The summed E-state index contributed by atoms with van der Waals surface area (Å²) in [6.07, 6.45) is 3.50. The summed E-state index contributed by atoms with van der Waals surface area (Å²) in [6.45, 7) is 3.81. The molecule has 2 aliphatic rings. The first-order chi connectivity index (χ1) is 9.99. The predicted octanol–water partition coefficient (Wildman–Crippen LogP) is 2.04. The van der Waals surface area contributed by atoms with Crippen molar-refractivity contribution in [1.82, 2.24) is 0 Å². The summed E-state index contributed by atoms with van der Waals surface area (Å²) < 4.78 is 23.7. The van der Waals surface area contributed by atoms with Crippen LogP contribution >= 0.6 is 0 Å². The van der Waals surface area contributed by atoms with E-state index in [1.54, 1.807) is 19.1 Å². The lowest BCUT2D eigenvalue weighted by Crippen LogP contribution is -2.32. The molecule has 5 heteroatoms. The number of anilines is 1. The molecule has 0 radical (unpaired) electrons. The van der Waals surface area contributed by atoms with E-state index in [-0.39, 0.29) is 5.75 Å². The molecule has 1 unspecified atom stereocenters. The molecule has 2 fully saturated rings. The number of nitrogens with zero attached hydrogens (tertiary/aromatic N) is 1. The summed E-state index contributed by atoms with van der Waals surface area (Å²) in [7, 11) is -3.10.